The van der Waals surface area contributed by atoms with Gasteiger partial charge < -0.3 is 0 Å². The fourth-order valence-corrected chi connectivity index (χ4v) is 1.68. The molecular weight excluding hydrogens is 243 g/mol. The van der Waals surface area contributed by atoms with E-state index in [1.54, 1.807) is 0 Å². The summed E-state index contributed by atoms with van der Waals surface area (Å²) in [5, 5.41) is 11.2. The van der Waals surface area contributed by atoms with Crippen molar-refractivity contribution >= 4 is 25.9 Å². The van der Waals surface area contributed by atoms with Crippen LogP contribution in [0.15, 0.2) is 39.9 Å². The molecule has 0 aliphatic rings. The lowest BCUT2D eigenvalue weighted by Gasteiger charge is -1.93. The van der Waals surface area contributed by atoms with E-state index in [0.717, 1.165) is 10.4 Å². The first-order chi connectivity index (χ1) is 8.00. The van der Waals surface area contributed by atoms with Crippen molar-refractivity contribution in [1.82, 2.24) is 4.34 Å². The molecule has 0 aliphatic carbocycles. The molecule has 7 heteroatoms. The average Bonchev–Trinajstić information content (AvgIpc) is 2.42. The number of hydrogen-bond acceptors (Lipinski definition) is 4. The van der Waals surface area contributed by atoms with Crippen LogP contribution in [0.3, 0.4) is 0 Å². The minimum Gasteiger partial charge on any atom is -0.269 e. The van der Waals surface area contributed by atoms with Gasteiger partial charge in [0.2, 0.25) is 0 Å². The van der Waals surface area contributed by atoms with Gasteiger partial charge in [0.25, 0.3) is 16.8 Å². The van der Waals surface area contributed by atoms with Crippen molar-refractivity contribution in [2.75, 3.05) is 0 Å². The first-order valence-corrected chi connectivity index (χ1v) is 5.12. The van der Waals surface area contributed by atoms with E-state index in [1.165, 1.54) is 24.3 Å². The Kier molecular flexibility index (Phi) is 2.73. The summed E-state index contributed by atoms with van der Waals surface area (Å²) in [7, 11) is 1.99. The Morgan fingerprint density at radius 3 is 2.47 bits per heavy atom. The van der Waals surface area contributed by atoms with E-state index >= 15 is 0 Å². The van der Waals surface area contributed by atoms with Crippen LogP contribution in [0, 0.1) is 10.1 Å². The van der Waals surface area contributed by atoms with Gasteiger partial charge in [0.1, 0.15) is 0 Å². The minimum atomic E-state index is -0.586. The maximum atomic E-state index is 11.8. The maximum Gasteiger partial charge on any atom is 0.270 e. The lowest BCUT2D eigenvalue weighted by molar-refractivity contribution is -0.384. The molecule has 0 N–H and O–H groups in total. The fraction of sp³-hybridized carbons (Fsp3) is 0. The molecule has 86 valence electrons. The third-order valence-electron chi connectivity index (χ3n) is 2.34. The maximum absolute atomic E-state index is 11.8. The molecule has 2 rings (SSSR count). The van der Waals surface area contributed by atoms with Crippen molar-refractivity contribution in [1.29, 1.82) is 0 Å². The van der Waals surface area contributed by atoms with Crippen molar-refractivity contribution < 1.29 is 4.92 Å². The largest absolute Gasteiger partial charge is 0.270 e. The van der Waals surface area contributed by atoms with Gasteiger partial charge in [-0.05, 0) is 26.9 Å². The average molecular weight is 250 g/mol. The molecule has 0 fully saturated rings. The standard InChI is InChI=1S/C10H7N2O4P/c13-9-4-2-6-1-3-7(12(15)16)5-8(6)10(14)11(9)17/h1-5H,17H2. The molecule has 2 aromatic rings. The third-order valence-corrected chi connectivity index (χ3v) is 2.83. The molecule has 0 spiro atoms. The Bertz CT molecular complexity index is 738. The molecule has 6 nitrogen and oxygen atoms in total. The highest BCUT2D eigenvalue weighted by atomic mass is 31.0. The van der Waals surface area contributed by atoms with Crippen LogP contribution < -0.4 is 11.1 Å². The Balaban J connectivity index is 3.01. The molecule has 0 saturated heterocycles. The normalized spacial score (nSPS) is 10.4. The number of nitro benzene ring substituents is 1. The summed E-state index contributed by atoms with van der Waals surface area (Å²) in [6.07, 6.45) is 0. The van der Waals surface area contributed by atoms with E-state index in [-0.39, 0.29) is 11.1 Å². The van der Waals surface area contributed by atoms with Crippen molar-refractivity contribution in [3.63, 3.8) is 0 Å². The molecule has 17 heavy (non-hydrogen) atoms. The lowest BCUT2D eigenvalue weighted by atomic mass is 10.2. The van der Waals surface area contributed by atoms with Gasteiger partial charge >= 0.3 is 0 Å². The van der Waals surface area contributed by atoms with Gasteiger partial charge in [0, 0.05) is 18.2 Å². The summed E-state index contributed by atoms with van der Waals surface area (Å²) in [4.78, 5) is 33.2. The molecular formula is C10H7N2O4P. The van der Waals surface area contributed by atoms with Gasteiger partial charge in [0.15, 0.2) is 0 Å². The molecule has 0 saturated carbocycles. The summed E-state index contributed by atoms with van der Waals surface area (Å²) in [5.74, 6) is 0. The van der Waals surface area contributed by atoms with Gasteiger partial charge in [-0.15, -0.1) is 0 Å². The number of benzene rings is 1. The highest BCUT2D eigenvalue weighted by molar-refractivity contribution is 7.14. The van der Waals surface area contributed by atoms with E-state index < -0.39 is 16.0 Å². The predicted molar refractivity (Wildman–Crippen MR) is 66.2 cm³/mol. The molecule has 0 aliphatic heterocycles. The molecule has 1 unspecified atom stereocenters. The van der Waals surface area contributed by atoms with Crippen molar-refractivity contribution in [2.24, 2.45) is 0 Å². The monoisotopic (exact) mass is 250 g/mol. The van der Waals surface area contributed by atoms with Gasteiger partial charge in [-0.3, -0.25) is 24.0 Å². The van der Waals surface area contributed by atoms with Gasteiger partial charge in [-0.25, -0.2) is 0 Å². The summed E-state index contributed by atoms with van der Waals surface area (Å²) in [5.41, 5.74) is -1.25. The highest BCUT2D eigenvalue weighted by Gasteiger charge is 2.08. The van der Waals surface area contributed by atoms with Crippen LogP contribution in [0.25, 0.3) is 10.8 Å². The lowest BCUT2D eigenvalue weighted by Crippen LogP contribution is -2.21. The topological polar surface area (TPSA) is 82.2 Å². The summed E-state index contributed by atoms with van der Waals surface area (Å²) in [6.45, 7) is 0. The van der Waals surface area contributed by atoms with Crippen molar-refractivity contribution in [3.8, 4) is 0 Å². The fourth-order valence-electron chi connectivity index (χ4n) is 1.46. The summed E-state index contributed by atoms with van der Waals surface area (Å²) >= 11 is 0. The number of aromatic nitrogens is 1. The molecule has 1 atom stereocenters. The number of rotatable bonds is 1. The Hall–Kier alpha value is -2.07. The molecule has 0 bridgehead atoms. The molecule has 1 aromatic heterocycles. The van der Waals surface area contributed by atoms with Crippen LogP contribution in [-0.4, -0.2) is 9.26 Å². The zero-order valence-electron chi connectivity index (χ0n) is 8.49. The quantitative estimate of drug-likeness (QED) is 0.428. The minimum absolute atomic E-state index is 0.135. The second-order valence-corrected chi connectivity index (χ2v) is 3.89. The number of non-ortho nitro benzene ring substituents is 1. The van der Waals surface area contributed by atoms with Gasteiger partial charge in [-0.1, -0.05) is 0 Å². The first kappa shape index (κ1) is 11.4. The van der Waals surface area contributed by atoms with Crippen LogP contribution >= 0.6 is 9.39 Å². The first-order valence-electron chi connectivity index (χ1n) is 4.60. The number of nitrogens with zero attached hydrogens (tertiary/aromatic N) is 2. The van der Waals surface area contributed by atoms with Crippen LogP contribution in [-0.2, 0) is 0 Å². The smallest absolute Gasteiger partial charge is 0.269 e. The van der Waals surface area contributed by atoms with Gasteiger partial charge in [-0.2, -0.15) is 0 Å². The summed E-state index contributed by atoms with van der Waals surface area (Å²) in [6, 6.07) is 6.60. The van der Waals surface area contributed by atoms with E-state index in [9.17, 15) is 19.7 Å². The number of nitro groups is 1. The molecule has 0 radical (unpaired) electrons. The highest BCUT2D eigenvalue weighted by Crippen LogP contribution is 2.16. The Morgan fingerprint density at radius 1 is 1.18 bits per heavy atom. The van der Waals surface area contributed by atoms with E-state index in [4.69, 9.17) is 0 Å². The Labute approximate surface area is 96.9 Å². The SMILES string of the molecule is O=c1ccc2ccc([N+](=O)[O-])cc2c(=O)n1P. The van der Waals surface area contributed by atoms with Crippen LogP contribution in [0.5, 0.6) is 0 Å². The second kappa shape index (κ2) is 4.07. The van der Waals surface area contributed by atoms with E-state index in [0.29, 0.717) is 5.39 Å². The Morgan fingerprint density at radius 2 is 1.82 bits per heavy atom. The van der Waals surface area contributed by atoms with Crippen LogP contribution in [0.2, 0.25) is 0 Å². The number of hydrogen-bond donors (Lipinski definition) is 0. The van der Waals surface area contributed by atoms with E-state index in [1.807, 2.05) is 9.39 Å². The van der Waals surface area contributed by atoms with Crippen molar-refractivity contribution in [2.45, 2.75) is 0 Å². The zero-order valence-corrected chi connectivity index (χ0v) is 9.65. The predicted octanol–water partition coefficient (Wildman–Crippen LogP) is 0.908. The molecule has 0 amide bonds. The van der Waals surface area contributed by atoms with Crippen LogP contribution in [0.4, 0.5) is 5.69 Å². The zero-order chi connectivity index (χ0) is 12.6. The summed E-state index contributed by atoms with van der Waals surface area (Å²) < 4.78 is 0.839. The second-order valence-electron chi connectivity index (χ2n) is 3.38. The molecule has 1 heterocycles. The van der Waals surface area contributed by atoms with E-state index in [2.05, 4.69) is 0 Å². The van der Waals surface area contributed by atoms with Crippen molar-refractivity contribution in [3.05, 3.63) is 61.2 Å². The van der Waals surface area contributed by atoms with Crippen LogP contribution in [0.1, 0.15) is 0 Å². The number of fused-ring (bicyclic) bond motifs is 1. The third kappa shape index (κ3) is 1.94. The molecule has 1 aromatic carbocycles. The van der Waals surface area contributed by atoms with Gasteiger partial charge in [0.05, 0.1) is 10.3 Å².